The fourth-order valence-corrected chi connectivity index (χ4v) is 4.44. The quantitative estimate of drug-likeness (QED) is 0.606. The minimum Gasteiger partial charge on any atom is -0.355 e. The highest BCUT2D eigenvalue weighted by Crippen LogP contribution is 2.56. The van der Waals surface area contributed by atoms with Crippen molar-refractivity contribution in [2.24, 2.45) is 16.2 Å². The van der Waals surface area contributed by atoms with Crippen LogP contribution in [0.5, 0.6) is 0 Å². The molecule has 1 saturated carbocycles. The first-order chi connectivity index (χ1) is 9.65. The number of carbonyl (C=O) groups is 3. The van der Waals surface area contributed by atoms with Crippen LogP contribution in [0.4, 0.5) is 0 Å². The smallest absolute Gasteiger partial charge is 0.232 e. The van der Waals surface area contributed by atoms with E-state index < -0.39 is 16.2 Å². The van der Waals surface area contributed by atoms with E-state index in [1.165, 1.54) is 0 Å². The van der Waals surface area contributed by atoms with Crippen LogP contribution in [0.15, 0.2) is 0 Å². The molecule has 6 heteroatoms. The van der Waals surface area contributed by atoms with Crippen LogP contribution in [0.2, 0.25) is 0 Å². The van der Waals surface area contributed by atoms with Crippen molar-refractivity contribution in [2.75, 3.05) is 18.6 Å². The van der Waals surface area contributed by atoms with Gasteiger partial charge >= 0.3 is 0 Å². The molecule has 1 aliphatic heterocycles. The number of hydrogen-bond acceptors (Lipinski definition) is 4. The van der Waals surface area contributed by atoms with Gasteiger partial charge in [0, 0.05) is 28.5 Å². The lowest BCUT2D eigenvalue weighted by Crippen LogP contribution is -2.63. The topological polar surface area (TPSA) is 75.3 Å². The molecule has 5 nitrogen and oxygen atoms in total. The summed E-state index contributed by atoms with van der Waals surface area (Å²) in [6.07, 6.45) is 3.49. The van der Waals surface area contributed by atoms with E-state index in [9.17, 15) is 14.4 Å². The van der Waals surface area contributed by atoms with Crippen LogP contribution < -0.4 is 10.6 Å². The number of amides is 3. The fourth-order valence-electron chi connectivity index (χ4n) is 4.14. The van der Waals surface area contributed by atoms with E-state index in [1.54, 1.807) is 11.8 Å². The molecule has 2 unspecified atom stereocenters. The normalized spacial score (nSPS) is 38.9. The van der Waals surface area contributed by atoms with Gasteiger partial charge in [0.2, 0.25) is 17.7 Å². The average Bonchev–Trinajstić information content (AvgIpc) is 2.36. The van der Waals surface area contributed by atoms with Gasteiger partial charge in [-0.25, -0.2) is 0 Å². The van der Waals surface area contributed by atoms with Crippen molar-refractivity contribution < 1.29 is 14.4 Å². The molecule has 21 heavy (non-hydrogen) atoms. The Morgan fingerprint density at radius 3 is 2.14 bits per heavy atom. The zero-order valence-corrected chi connectivity index (χ0v) is 14.0. The van der Waals surface area contributed by atoms with Gasteiger partial charge in [0.05, 0.1) is 0 Å². The molecule has 2 aliphatic rings. The SMILES string of the molecule is CSCCNC(=O)C1(C)CC2(C)CC(C)(C1)C(=O)NC2=O. The Hall–Kier alpha value is -1.04. The molecule has 0 aromatic rings. The molecule has 0 aromatic heterocycles. The predicted octanol–water partition coefficient (Wildman–Crippen LogP) is 1.32. The zero-order chi connectivity index (χ0) is 15.9. The fraction of sp³-hybridized carbons (Fsp3) is 0.800. The Balaban J connectivity index is 2.24. The number of hydrogen-bond donors (Lipinski definition) is 2. The summed E-state index contributed by atoms with van der Waals surface area (Å²) in [5.41, 5.74) is -1.97. The van der Waals surface area contributed by atoms with Gasteiger partial charge in [-0.15, -0.1) is 0 Å². The van der Waals surface area contributed by atoms with E-state index in [0.717, 1.165) is 5.75 Å². The molecule has 0 radical (unpaired) electrons. The minimum atomic E-state index is -0.673. The lowest BCUT2D eigenvalue weighted by Gasteiger charge is -2.53. The Bertz CT molecular complexity index is 465. The van der Waals surface area contributed by atoms with Crippen molar-refractivity contribution in [1.29, 1.82) is 0 Å². The molecule has 1 aliphatic carbocycles. The molecule has 2 bridgehead atoms. The lowest BCUT2D eigenvalue weighted by atomic mass is 9.52. The summed E-state index contributed by atoms with van der Waals surface area (Å²) in [5.74, 6) is 0.326. The Labute approximate surface area is 130 Å². The van der Waals surface area contributed by atoms with E-state index in [0.29, 0.717) is 25.8 Å². The number of rotatable bonds is 4. The molecule has 1 saturated heterocycles. The van der Waals surface area contributed by atoms with Gasteiger partial charge in [0.1, 0.15) is 0 Å². The second-order valence-electron chi connectivity index (χ2n) is 7.24. The third kappa shape index (κ3) is 2.82. The monoisotopic (exact) mass is 312 g/mol. The molecular weight excluding hydrogens is 288 g/mol. The lowest BCUT2D eigenvalue weighted by molar-refractivity contribution is -0.164. The first-order valence-electron chi connectivity index (χ1n) is 7.28. The maximum atomic E-state index is 12.6. The second kappa shape index (κ2) is 5.30. The van der Waals surface area contributed by atoms with Crippen molar-refractivity contribution >= 4 is 29.5 Å². The van der Waals surface area contributed by atoms with Gasteiger partial charge in [-0.2, -0.15) is 11.8 Å². The Morgan fingerprint density at radius 2 is 1.67 bits per heavy atom. The zero-order valence-electron chi connectivity index (χ0n) is 13.2. The molecule has 2 atom stereocenters. The van der Waals surface area contributed by atoms with Crippen LogP contribution in [-0.2, 0) is 14.4 Å². The number of piperidine rings is 1. The molecule has 118 valence electrons. The second-order valence-corrected chi connectivity index (χ2v) is 8.23. The van der Waals surface area contributed by atoms with Gasteiger partial charge in [-0.1, -0.05) is 20.8 Å². The van der Waals surface area contributed by atoms with E-state index in [2.05, 4.69) is 10.6 Å². The van der Waals surface area contributed by atoms with Crippen LogP contribution >= 0.6 is 11.8 Å². The Morgan fingerprint density at radius 1 is 1.14 bits per heavy atom. The maximum absolute atomic E-state index is 12.6. The van der Waals surface area contributed by atoms with Gasteiger partial charge < -0.3 is 5.32 Å². The van der Waals surface area contributed by atoms with Gasteiger partial charge in [0.15, 0.2) is 0 Å². The number of nitrogens with one attached hydrogen (secondary N) is 2. The van der Waals surface area contributed by atoms with Gasteiger partial charge in [0.25, 0.3) is 0 Å². The molecule has 1 heterocycles. The van der Waals surface area contributed by atoms with Crippen molar-refractivity contribution in [1.82, 2.24) is 10.6 Å². The number of imide groups is 1. The summed E-state index contributed by atoms with van der Waals surface area (Å²) in [6, 6.07) is 0. The van der Waals surface area contributed by atoms with Crippen molar-refractivity contribution in [2.45, 2.75) is 40.0 Å². The summed E-state index contributed by atoms with van der Waals surface area (Å²) in [7, 11) is 0. The standard InChI is InChI=1S/C15H24N2O3S/c1-13(10(18)16-5-6-21-4)7-14(2)9-15(3,8-13)12(20)17-11(14)19/h5-9H2,1-4H3,(H,16,18)(H,17,19,20). The molecule has 2 N–H and O–H groups in total. The van der Waals surface area contributed by atoms with Gasteiger partial charge in [-0.05, 0) is 25.5 Å². The average molecular weight is 312 g/mol. The number of fused-ring (bicyclic) bond motifs is 2. The van der Waals surface area contributed by atoms with Crippen molar-refractivity contribution in [3.8, 4) is 0 Å². The largest absolute Gasteiger partial charge is 0.355 e. The summed E-state index contributed by atoms with van der Waals surface area (Å²) in [6.45, 7) is 6.21. The maximum Gasteiger partial charge on any atom is 0.232 e. The summed E-state index contributed by atoms with van der Waals surface area (Å²) < 4.78 is 0. The summed E-state index contributed by atoms with van der Waals surface area (Å²) in [5, 5.41) is 5.42. The van der Waals surface area contributed by atoms with Gasteiger partial charge in [-0.3, -0.25) is 19.7 Å². The van der Waals surface area contributed by atoms with E-state index in [4.69, 9.17) is 0 Å². The molecule has 2 rings (SSSR count). The van der Waals surface area contributed by atoms with E-state index >= 15 is 0 Å². The van der Waals surface area contributed by atoms with Crippen LogP contribution in [0, 0.1) is 16.2 Å². The molecule has 2 fully saturated rings. The summed E-state index contributed by atoms with van der Waals surface area (Å²) in [4.78, 5) is 36.9. The number of thioether (sulfide) groups is 1. The molecule has 0 spiro atoms. The van der Waals surface area contributed by atoms with E-state index in [1.807, 2.05) is 27.0 Å². The Kier molecular flexibility index (Phi) is 4.12. The van der Waals surface area contributed by atoms with Crippen LogP contribution in [-0.4, -0.2) is 36.3 Å². The highest BCUT2D eigenvalue weighted by Gasteiger charge is 2.60. The predicted molar refractivity (Wildman–Crippen MR) is 82.7 cm³/mol. The molecule has 3 amide bonds. The highest BCUT2D eigenvalue weighted by atomic mass is 32.2. The van der Waals surface area contributed by atoms with E-state index in [-0.39, 0.29) is 17.7 Å². The molecular formula is C15H24N2O3S. The third-order valence-electron chi connectivity index (χ3n) is 4.80. The first-order valence-corrected chi connectivity index (χ1v) is 8.68. The van der Waals surface area contributed by atoms with Crippen LogP contribution in [0.1, 0.15) is 40.0 Å². The summed E-state index contributed by atoms with van der Waals surface area (Å²) >= 11 is 1.67. The van der Waals surface area contributed by atoms with Crippen LogP contribution in [0.3, 0.4) is 0 Å². The third-order valence-corrected chi connectivity index (χ3v) is 5.42. The molecule has 0 aromatic carbocycles. The van der Waals surface area contributed by atoms with Crippen molar-refractivity contribution in [3.05, 3.63) is 0 Å². The van der Waals surface area contributed by atoms with Crippen LogP contribution in [0.25, 0.3) is 0 Å². The highest BCUT2D eigenvalue weighted by molar-refractivity contribution is 7.98. The first kappa shape index (κ1) is 16.3. The minimum absolute atomic E-state index is 0.0452. The number of carbonyl (C=O) groups excluding carboxylic acids is 3. The van der Waals surface area contributed by atoms with Crippen molar-refractivity contribution in [3.63, 3.8) is 0 Å².